The summed E-state index contributed by atoms with van der Waals surface area (Å²) < 4.78 is 0. The van der Waals surface area contributed by atoms with Crippen LogP contribution in [0.1, 0.15) is 13.8 Å². The predicted molar refractivity (Wildman–Crippen MR) is 52.0 cm³/mol. The number of hydrogen-bond acceptors (Lipinski definition) is 2. The van der Waals surface area contributed by atoms with E-state index >= 15 is 0 Å². The summed E-state index contributed by atoms with van der Waals surface area (Å²) in [5, 5.41) is 5.71. The molecule has 0 saturated heterocycles. The summed E-state index contributed by atoms with van der Waals surface area (Å²) in [5.74, 6) is 0. The van der Waals surface area contributed by atoms with Gasteiger partial charge in [-0.3, -0.25) is 5.01 Å². The van der Waals surface area contributed by atoms with Crippen molar-refractivity contribution in [2.24, 2.45) is 0 Å². The molecule has 0 radical (unpaired) electrons. The zero-order valence-electron chi connectivity index (χ0n) is 7.09. The van der Waals surface area contributed by atoms with Gasteiger partial charge in [-0.15, -0.1) is 0 Å². The van der Waals surface area contributed by atoms with E-state index in [1.54, 1.807) is 0 Å². The van der Waals surface area contributed by atoms with Crippen molar-refractivity contribution in [3.8, 4) is 0 Å². The summed E-state index contributed by atoms with van der Waals surface area (Å²) in [4.78, 5) is 0. The topological polar surface area (TPSA) is 27.3 Å². The van der Waals surface area contributed by atoms with Crippen LogP contribution in [0.5, 0.6) is 0 Å². The lowest BCUT2D eigenvalue weighted by atomic mass is 10.2. The van der Waals surface area contributed by atoms with Crippen LogP contribution in [-0.4, -0.2) is 16.2 Å². The van der Waals surface area contributed by atoms with Crippen molar-refractivity contribution in [3.05, 3.63) is 23.5 Å². The van der Waals surface area contributed by atoms with Crippen molar-refractivity contribution in [3.63, 3.8) is 0 Å². The zero-order chi connectivity index (χ0) is 8.72. The number of hydrazine groups is 1. The van der Waals surface area contributed by atoms with Gasteiger partial charge in [0, 0.05) is 11.7 Å². The number of nitrogens with zero attached hydrogens (tertiary/aromatic N) is 1. The first-order valence-corrected chi connectivity index (χ1v) is 4.35. The minimum absolute atomic E-state index is 0.363. The van der Waals surface area contributed by atoms with Crippen molar-refractivity contribution in [2.45, 2.75) is 19.9 Å². The second-order valence-electron chi connectivity index (χ2n) is 3.10. The van der Waals surface area contributed by atoms with Crippen LogP contribution in [0.25, 0.3) is 0 Å². The molecule has 2 aliphatic rings. The summed E-state index contributed by atoms with van der Waals surface area (Å²) in [6, 6.07) is 0.363. The van der Waals surface area contributed by atoms with Crippen LogP contribution >= 0.6 is 12.2 Å². The molecule has 1 atom stereocenters. The summed E-state index contributed by atoms with van der Waals surface area (Å²) >= 11 is 5.14. The molecule has 64 valence electrons. The largest absolute Gasteiger partial charge is 0.335 e. The first-order chi connectivity index (χ1) is 5.66. The van der Waals surface area contributed by atoms with Gasteiger partial charge in [0.05, 0.1) is 5.70 Å². The van der Waals surface area contributed by atoms with Gasteiger partial charge in [-0.1, -0.05) is 0 Å². The Morgan fingerprint density at radius 2 is 2.33 bits per heavy atom. The molecule has 0 aromatic heterocycles. The molecule has 12 heavy (non-hydrogen) atoms. The van der Waals surface area contributed by atoms with Crippen molar-refractivity contribution >= 4 is 17.3 Å². The van der Waals surface area contributed by atoms with Crippen LogP contribution in [0, 0.1) is 0 Å². The van der Waals surface area contributed by atoms with Crippen molar-refractivity contribution in [2.75, 3.05) is 0 Å². The second-order valence-corrected chi connectivity index (χ2v) is 3.49. The Hall–Kier alpha value is -0.870. The first-order valence-electron chi connectivity index (χ1n) is 3.94. The molecule has 0 aliphatic carbocycles. The molecular weight excluding hydrogens is 170 g/mol. The van der Waals surface area contributed by atoms with Crippen molar-refractivity contribution in [1.29, 1.82) is 0 Å². The molecule has 0 bridgehead atoms. The lowest BCUT2D eigenvalue weighted by Crippen LogP contribution is -2.47. The lowest BCUT2D eigenvalue weighted by Gasteiger charge is -2.27. The van der Waals surface area contributed by atoms with E-state index in [1.807, 2.05) is 11.9 Å². The third kappa shape index (κ3) is 1.13. The van der Waals surface area contributed by atoms with Gasteiger partial charge < -0.3 is 5.32 Å². The molecular formula is C8H11N3S. The van der Waals surface area contributed by atoms with Gasteiger partial charge in [0.1, 0.15) is 0 Å². The van der Waals surface area contributed by atoms with E-state index in [0.717, 1.165) is 16.5 Å². The van der Waals surface area contributed by atoms with Gasteiger partial charge in [-0.2, -0.15) is 0 Å². The van der Waals surface area contributed by atoms with Crippen LogP contribution in [0.2, 0.25) is 0 Å². The number of rotatable bonds is 0. The highest BCUT2D eigenvalue weighted by molar-refractivity contribution is 7.80. The molecule has 0 unspecified atom stereocenters. The molecule has 0 amide bonds. The fourth-order valence-electron chi connectivity index (χ4n) is 1.42. The van der Waals surface area contributed by atoms with E-state index < -0.39 is 0 Å². The Bertz CT molecular complexity index is 293. The molecule has 0 aromatic carbocycles. The Morgan fingerprint density at radius 3 is 3.08 bits per heavy atom. The quantitative estimate of drug-likeness (QED) is 0.542. The Labute approximate surface area is 77.1 Å². The number of allylic oxidation sites excluding steroid dienone is 2. The molecule has 0 aromatic rings. The summed E-state index contributed by atoms with van der Waals surface area (Å²) in [6.07, 6.45) is 4.23. The molecule has 0 spiro atoms. The fourth-order valence-corrected chi connectivity index (χ4v) is 1.74. The van der Waals surface area contributed by atoms with Crippen LogP contribution in [-0.2, 0) is 0 Å². The normalized spacial score (nSPS) is 27.7. The van der Waals surface area contributed by atoms with E-state index in [4.69, 9.17) is 12.2 Å². The summed E-state index contributed by atoms with van der Waals surface area (Å²) in [7, 11) is 0. The molecule has 0 saturated carbocycles. The van der Waals surface area contributed by atoms with Gasteiger partial charge in [-0.25, -0.2) is 5.43 Å². The molecule has 3 nitrogen and oxygen atoms in total. The predicted octanol–water partition coefficient (Wildman–Crippen LogP) is 0.871. The van der Waals surface area contributed by atoms with E-state index in [-0.39, 0.29) is 0 Å². The fraction of sp³-hybridized carbons (Fsp3) is 0.375. The minimum atomic E-state index is 0.363. The highest BCUT2D eigenvalue weighted by Gasteiger charge is 2.24. The summed E-state index contributed by atoms with van der Waals surface area (Å²) in [6.45, 7) is 4.10. The van der Waals surface area contributed by atoms with Gasteiger partial charge in [-0.05, 0) is 38.2 Å². The van der Waals surface area contributed by atoms with Crippen LogP contribution in [0.15, 0.2) is 23.5 Å². The maximum atomic E-state index is 5.14. The molecule has 4 heteroatoms. The molecule has 2 rings (SSSR count). The highest BCUT2D eigenvalue weighted by atomic mass is 32.1. The summed E-state index contributed by atoms with van der Waals surface area (Å²) in [5.41, 5.74) is 5.46. The Kier molecular flexibility index (Phi) is 1.66. The maximum absolute atomic E-state index is 5.14. The van der Waals surface area contributed by atoms with Gasteiger partial charge in [0.25, 0.3) is 0 Å². The van der Waals surface area contributed by atoms with Crippen LogP contribution in [0.4, 0.5) is 0 Å². The van der Waals surface area contributed by atoms with E-state index in [2.05, 4.69) is 29.8 Å². The first kappa shape index (κ1) is 7.76. The average molecular weight is 181 g/mol. The average Bonchev–Trinajstić information content (AvgIpc) is 2.29. The molecule has 2 N–H and O–H groups in total. The standard InChI is InChI=1S/C8H11N3S/c1-5-3-7-4-6(2)10-11(7)8(12)9-5/h3-4,6,10H,1-2H3,(H,9,12)/t6-/m1/s1. The molecule has 2 aliphatic heterocycles. The zero-order valence-corrected chi connectivity index (χ0v) is 7.90. The van der Waals surface area contributed by atoms with Crippen molar-refractivity contribution in [1.82, 2.24) is 15.8 Å². The monoisotopic (exact) mass is 181 g/mol. The van der Waals surface area contributed by atoms with Crippen LogP contribution in [0.3, 0.4) is 0 Å². The van der Waals surface area contributed by atoms with Crippen molar-refractivity contribution < 1.29 is 0 Å². The van der Waals surface area contributed by atoms with E-state index in [9.17, 15) is 0 Å². The van der Waals surface area contributed by atoms with E-state index in [0.29, 0.717) is 6.04 Å². The van der Waals surface area contributed by atoms with Gasteiger partial charge >= 0.3 is 0 Å². The molecule has 0 fully saturated rings. The smallest absolute Gasteiger partial charge is 0.192 e. The third-order valence-corrected chi connectivity index (χ3v) is 2.17. The number of fused-ring (bicyclic) bond motifs is 1. The SMILES string of the molecule is CC1=CC2=C[C@@H](C)NN2C(=S)N1. The second kappa shape index (κ2) is 2.57. The van der Waals surface area contributed by atoms with Gasteiger partial charge in [0.15, 0.2) is 5.11 Å². The maximum Gasteiger partial charge on any atom is 0.192 e. The highest BCUT2D eigenvalue weighted by Crippen LogP contribution is 2.18. The number of nitrogens with one attached hydrogen (secondary N) is 2. The third-order valence-electron chi connectivity index (χ3n) is 1.88. The Balaban J connectivity index is 2.35. The lowest BCUT2D eigenvalue weighted by molar-refractivity contribution is 0.391. The van der Waals surface area contributed by atoms with Gasteiger partial charge in [0.2, 0.25) is 0 Å². The number of hydrogen-bond donors (Lipinski definition) is 2. The molecule has 2 heterocycles. The van der Waals surface area contributed by atoms with E-state index in [1.165, 1.54) is 0 Å². The number of thiocarbonyl (C=S) groups is 1. The Morgan fingerprint density at radius 1 is 1.58 bits per heavy atom. The van der Waals surface area contributed by atoms with Crippen LogP contribution < -0.4 is 10.7 Å². The minimum Gasteiger partial charge on any atom is -0.335 e.